The van der Waals surface area contributed by atoms with E-state index in [0.717, 1.165) is 5.56 Å². The van der Waals surface area contributed by atoms with Crippen molar-refractivity contribution in [3.63, 3.8) is 0 Å². The van der Waals surface area contributed by atoms with Crippen LogP contribution in [-0.2, 0) is 0 Å². The van der Waals surface area contributed by atoms with Crippen LogP contribution in [0.5, 0.6) is 0 Å². The van der Waals surface area contributed by atoms with Gasteiger partial charge in [-0.1, -0.05) is 145 Å². The first-order valence-electron chi connectivity index (χ1n) is 18.7. The predicted molar refractivity (Wildman–Crippen MR) is 231 cm³/mol. The molecule has 54 heavy (non-hydrogen) atoms. The van der Waals surface area contributed by atoms with Crippen LogP contribution in [0.2, 0.25) is 0 Å². The average Bonchev–Trinajstić information content (AvgIpc) is 3.72. The number of hydrogen-bond donors (Lipinski definition) is 0. The van der Waals surface area contributed by atoms with Crippen molar-refractivity contribution in [2.24, 2.45) is 0 Å². The predicted octanol–water partition coefficient (Wildman–Crippen LogP) is 14.0. The summed E-state index contributed by atoms with van der Waals surface area (Å²) in [5, 5.41) is 5.11. The topological polar surface area (TPSA) is 9.86 Å². The Kier molecular flexibility index (Phi) is 7.63. The van der Waals surface area contributed by atoms with Crippen molar-refractivity contribution < 1.29 is 0 Å². The highest BCUT2D eigenvalue weighted by Gasteiger charge is 2.17. The minimum absolute atomic E-state index is 1.16. The molecule has 0 radical (unpaired) electrons. The zero-order chi connectivity index (χ0) is 36.2. The number of aryl methyl sites for hydroxylation is 2. The second kappa shape index (κ2) is 12.9. The molecule has 0 saturated carbocycles. The van der Waals surface area contributed by atoms with Gasteiger partial charge < -0.3 is 9.13 Å². The summed E-state index contributed by atoms with van der Waals surface area (Å²) in [7, 11) is 0. The van der Waals surface area contributed by atoms with Gasteiger partial charge in [0, 0.05) is 32.8 Å². The van der Waals surface area contributed by atoms with E-state index in [2.05, 4.69) is 217 Å². The SMILES string of the molecule is Cc1ccc2c(c1)c1cc(C)ccc1n2-c1ccccc1-c1ccc(C=Cc2ccccc2-c2ccc3c(c2)c2ccccc2n3-c2ccccc2)cc1. The Morgan fingerprint density at radius 2 is 0.926 bits per heavy atom. The molecule has 8 aromatic carbocycles. The number of aromatic nitrogens is 2. The van der Waals surface area contributed by atoms with E-state index >= 15 is 0 Å². The van der Waals surface area contributed by atoms with Crippen LogP contribution in [0, 0.1) is 13.8 Å². The Balaban J connectivity index is 0.998. The lowest BCUT2D eigenvalue weighted by Crippen LogP contribution is -1.97. The third kappa shape index (κ3) is 5.35. The maximum Gasteiger partial charge on any atom is 0.0541 e. The first kappa shape index (κ1) is 31.8. The standard InChI is InChI=1S/C52H38N2/c1-35-20-29-51-45(32-35)46-33-36(2)21-30-52(46)54(51)48-18-10-8-16-43(48)39-26-23-37(24-27-39)22-25-38-12-6-7-15-42(38)40-28-31-50-47(34-40)44-17-9-11-19-49(44)53(50)41-13-4-3-5-14-41/h3-34H,1-2H3. The molecule has 0 N–H and O–H groups in total. The number of fused-ring (bicyclic) bond motifs is 6. The van der Waals surface area contributed by atoms with Crippen LogP contribution in [0.15, 0.2) is 182 Å². The summed E-state index contributed by atoms with van der Waals surface area (Å²) < 4.78 is 4.80. The van der Waals surface area contributed by atoms with E-state index in [0.29, 0.717) is 0 Å². The number of rotatable bonds is 6. The van der Waals surface area contributed by atoms with E-state index in [1.165, 1.54) is 93.9 Å². The molecule has 0 spiro atoms. The van der Waals surface area contributed by atoms with Crippen LogP contribution < -0.4 is 0 Å². The van der Waals surface area contributed by atoms with Crippen molar-refractivity contribution in [2.45, 2.75) is 13.8 Å². The molecule has 0 aliphatic heterocycles. The highest BCUT2D eigenvalue weighted by molar-refractivity contribution is 6.11. The first-order valence-corrected chi connectivity index (χ1v) is 18.7. The van der Waals surface area contributed by atoms with Gasteiger partial charge in [0.15, 0.2) is 0 Å². The molecule has 0 fully saturated rings. The molecule has 0 aliphatic carbocycles. The largest absolute Gasteiger partial charge is 0.309 e. The molecular formula is C52H38N2. The fraction of sp³-hybridized carbons (Fsp3) is 0.0385. The van der Waals surface area contributed by atoms with Gasteiger partial charge in [0.2, 0.25) is 0 Å². The van der Waals surface area contributed by atoms with E-state index in [9.17, 15) is 0 Å². The van der Waals surface area contributed by atoms with E-state index in [4.69, 9.17) is 0 Å². The van der Waals surface area contributed by atoms with Crippen LogP contribution in [-0.4, -0.2) is 9.13 Å². The number of para-hydroxylation sites is 3. The lowest BCUT2D eigenvalue weighted by Gasteiger charge is -2.14. The van der Waals surface area contributed by atoms with Gasteiger partial charge in [-0.25, -0.2) is 0 Å². The normalized spacial score (nSPS) is 11.8. The third-order valence-electron chi connectivity index (χ3n) is 10.9. The van der Waals surface area contributed by atoms with Gasteiger partial charge in [0.25, 0.3) is 0 Å². The zero-order valence-corrected chi connectivity index (χ0v) is 30.4. The van der Waals surface area contributed by atoms with Gasteiger partial charge in [-0.3, -0.25) is 0 Å². The summed E-state index contributed by atoms with van der Waals surface area (Å²) in [6.45, 7) is 4.35. The smallest absolute Gasteiger partial charge is 0.0541 e. The summed E-state index contributed by atoms with van der Waals surface area (Å²) in [6.07, 6.45) is 4.48. The molecule has 2 heterocycles. The molecule has 2 heteroatoms. The Bertz CT molecular complexity index is 2990. The van der Waals surface area contributed by atoms with Gasteiger partial charge in [0.05, 0.1) is 27.8 Å². The van der Waals surface area contributed by atoms with Crippen molar-refractivity contribution in [2.75, 3.05) is 0 Å². The molecular weight excluding hydrogens is 653 g/mol. The molecule has 10 aromatic rings. The summed E-state index contributed by atoms with van der Waals surface area (Å²) in [5.74, 6) is 0. The van der Waals surface area contributed by atoms with Gasteiger partial charge in [-0.05, 0) is 102 Å². The van der Waals surface area contributed by atoms with E-state index < -0.39 is 0 Å². The Morgan fingerprint density at radius 3 is 1.69 bits per heavy atom. The van der Waals surface area contributed by atoms with Crippen molar-refractivity contribution in [3.05, 3.63) is 204 Å². The van der Waals surface area contributed by atoms with Crippen molar-refractivity contribution in [1.29, 1.82) is 0 Å². The number of nitrogens with zero attached hydrogens (tertiary/aromatic N) is 2. The second-order valence-electron chi connectivity index (χ2n) is 14.4. The Hall–Kier alpha value is -6.90. The van der Waals surface area contributed by atoms with Crippen molar-refractivity contribution >= 4 is 55.8 Å². The third-order valence-corrected chi connectivity index (χ3v) is 10.9. The molecule has 0 unspecified atom stereocenters. The van der Waals surface area contributed by atoms with Crippen LogP contribution in [0.4, 0.5) is 0 Å². The summed E-state index contributed by atoms with van der Waals surface area (Å²) >= 11 is 0. The lowest BCUT2D eigenvalue weighted by molar-refractivity contribution is 1.18. The van der Waals surface area contributed by atoms with Gasteiger partial charge >= 0.3 is 0 Å². The van der Waals surface area contributed by atoms with Crippen molar-refractivity contribution in [1.82, 2.24) is 9.13 Å². The molecule has 2 nitrogen and oxygen atoms in total. The molecule has 10 rings (SSSR count). The van der Waals surface area contributed by atoms with E-state index in [1.807, 2.05) is 0 Å². The molecule has 2 aromatic heterocycles. The highest BCUT2D eigenvalue weighted by atomic mass is 15.0. The molecule has 0 atom stereocenters. The monoisotopic (exact) mass is 690 g/mol. The number of benzene rings is 8. The van der Waals surface area contributed by atoms with Gasteiger partial charge in [-0.15, -0.1) is 0 Å². The maximum absolute atomic E-state index is 2.43. The highest BCUT2D eigenvalue weighted by Crippen LogP contribution is 2.38. The van der Waals surface area contributed by atoms with E-state index in [-0.39, 0.29) is 0 Å². The second-order valence-corrected chi connectivity index (χ2v) is 14.4. The molecule has 0 saturated heterocycles. The maximum atomic E-state index is 2.43. The van der Waals surface area contributed by atoms with E-state index in [1.54, 1.807) is 0 Å². The minimum atomic E-state index is 1.16. The average molecular weight is 691 g/mol. The lowest BCUT2D eigenvalue weighted by atomic mass is 9.97. The summed E-state index contributed by atoms with van der Waals surface area (Å²) in [5.41, 5.74) is 17.0. The number of hydrogen-bond acceptors (Lipinski definition) is 0. The molecule has 256 valence electrons. The zero-order valence-electron chi connectivity index (χ0n) is 30.4. The van der Waals surface area contributed by atoms with Gasteiger partial charge in [0.1, 0.15) is 0 Å². The van der Waals surface area contributed by atoms with Gasteiger partial charge in [-0.2, -0.15) is 0 Å². The van der Waals surface area contributed by atoms with Crippen molar-refractivity contribution in [3.8, 4) is 33.6 Å². The van der Waals surface area contributed by atoms with Crippen LogP contribution in [0.1, 0.15) is 22.3 Å². The summed E-state index contributed by atoms with van der Waals surface area (Å²) in [6, 6.07) is 66.3. The van der Waals surface area contributed by atoms with Crippen LogP contribution in [0.3, 0.4) is 0 Å². The minimum Gasteiger partial charge on any atom is -0.309 e. The fourth-order valence-corrected chi connectivity index (χ4v) is 8.28. The first-order chi connectivity index (χ1) is 26.6. The van der Waals surface area contributed by atoms with Crippen LogP contribution in [0.25, 0.3) is 89.4 Å². The molecule has 0 amide bonds. The molecule has 0 bridgehead atoms. The quantitative estimate of drug-likeness (QED) is 0.154. The van der Waals surface area contributed by atoms with Crippen LogP contribution >= 0.6 is 0 Å². The Labute approximate surface area is 315 Å². The summed E-state index contributed by atoms with van der Waals surface area (Å²) in [4.78, 5) is 0. The fourth-order valence-electron chi connectivity index (χ4n) is 8.28. The Morgan fingerprint density at radius 1 is 0.370 bits per heavy atom. The molecule has 0 aliphatic rings.